The molecule has 1 radical (unpaired) electrons. The van der Waals surface area contributed by atoms with Gasteiger partial charge in [0.15, 0.2) is 0 Å². The van der Waals surface area contributed by atoms with Crippen molar-refractivity contribution in [2.24, 2.45) is 0 Å². The zero-order valence-corrected chi connectivity index (χ0v) is 9.92. The first-order chi connectivity index (χ1) is 8.40. The fourth-order valence-corrected chi connectivity index (χ4v) is 1.68. The van der Waals surface area contributed by atoms with Crippen molar-refractivity contribution in [3.05, 3.63) is 37.6 Å². The lowest BCUT2D eigenvalue weighted by Crippen LogP contribution is -1.98. The first-order valence-electron chi connectivity index (χ1n) is 6.00. The summed E-state index contributed by atoms with van der Waals surface area (Å²) in [5, 5.41) is 8.26. The van der Waals surface area contributed by atoms with Crippen molar-refractivity contribution in [1.82, 2.24) is 20.0 Å². The van der Waals surface area contributed by atoms with Crippen LogP contribution in [-0.4, -0.2) is 20.0 Å². The number of aryl methyl sites for hydroxylation is 1. The van der Waals surface area contributed by atoms with Gasteiger partial charge in [-0.1, -0.05) is 31.4 Å². The van der Waals surface area contributed by atoms with Crippen molar-refractivity contribution >= 4 is 0 Å². The molecule has 0 unspecified atom stereocenters. The van der Waals surface area contributed by atoms with E-state index in [-0.39, 0.29) is 0 Å². The van der Waals surface area contributed by atoms with Crippen LogP contribution in [0.3, 0.4) is 0 Å². The molecule has 2 rings (SSSR count). The summed E-state index contributed by atoms with van der Waals surface area (Å²) >= 11 is 0. The van der Waals surface area contributed by atoms with Gasteiger partial charge < -0.3 is 0 Å². The molecule has 0 aliphatic carbocycles. The quantitative estimate of drug-likeness (QED) is 0.715. The summed E-state index contributed by atoms with van der Waals surface area (Å²) in [5.74, 6) is 0. The summed E-state index contributed by atoms with van der Waals surface area (Å²) in [7, 11) is 0. The van der Waals surface area contributed by atoms with Gasteiger partial charge in [-0.2, -0.15) is 0 Å². The Morgan fingerprint density at radius 2 is 2.18 bits per heavy atom. The van der Waals surface area contributed by atoms with Crippen molar-refractivity contribution in [2.45, 2.75) is 32.2 Å². The third kappa shape index (κ3) is 3.37. The minimum absolute atomic E-state index is 0.884. The number of rotatable bonds is 6. The predicted octanol–water partition coefficient (Wildman–Crippen LogP) is 2.73. The van der Waals surface area contributed by atoms with E-state index in [9.17, 15) is 0 Å². The molecule has 0 saturated carbocycles. The molecule has 2 aromatic rings. The van der Waals surface area contributed by atoms with E-state index in [4.69, 9.17) is 0 Å². The van der Waals surface area contributed by atoms with E-state index in [0.29, 0.717) is 0 Å². The third-order valence-electron chi connectivity index (χ3n) is 2.63. The molecule has 2 heterocycles. The number of nitrogens with zero attached hydrogens (tertiary/aromatic N) is 4. The molecule has 0 fully saturated rings. The molecule has 0 aliphatic heterocycles. The number of unbranched alkanes of at least 4 members (excludes halogenated alkanes) is 3. The molecule has 0 spiro atoms. The summed E-state index contributed by atoms with van der Waals surface area (Å²) in [5.41, 5.74) is 1.90. The fraction of sp³-hybridized carbons (Fsp3) is 0.385. The molecular weight excluding hydrogens is 212 g/mol. The lowest BCUT2D eigenvalue weighted by molar-refractivity contribution is 0.531. The van der Waals surface area contributed by atoms with E-state index >= 15 is 0 Å². The molecule has 0 N–H and O–H groups in total. The Morgan fingerprint density at radius 1 is 1.24 bits per heavy atom. The summed E-state index contributed by atoms with van der Waals surface area (Å²) in [6, 6.07) is 3.90. The molecule has 0 aliphatic rings. The predicted molar refractivity (Wildman–Crippen MR) is 67.1 cm³/mol. The largest absolute Gasteiger partial charge is 0.264 e. The normalized spacial score (nSPS) is 10.6. The van der Waals surface area contributed by atoms with E-state index in [1.54, 1.807) is 12.4 Å². The highest BCUT2D eigenvalue weighted by atomic mass is 15.4. The zero-order valence-electron chi connectivity index (χ0n) is 9.92. The molecule has 0 aromatic carbocycles. The first-order valence-corrected chi connectivity index (χ1v) is 6.00. The number of hydrogen-bond donors (Lipinski definition) is 0. The SMILES string of the molecule is [CH2]CCCCCn1cc(-c2cccnc2)nn1. The zero-order chi connectivity index (χ0) is 11.9. The molecule has 89 valence electrons. The summed E-state index contributed by atoms with van der Waals surface area (Å²) < 4.78 is 1.89. The van der Waals surface area contributed by atoms with Gasteiger partial charge in [0.2, 0.25) is 0 Å². The molecular formula is C13H17N4. The van der Waals surface area contributed by atoms with Crippen LogP contribution in [0.2, 0.25) is 0 Å². The molecule has 0 bridgehead atoms. The minimum Gasteiger partial charge on any atom is -0.264 e. The Labute approximate surface area is 102 Å². The second-order valence-electron chi connectivity index (χ2n) is 4.02. The van der Waals surface area contributed by atoms with Gasteiger partial charge in [0.1, 0.15) is 5.69 Å². The lowest BCUT2D eigenvalue weighted by Gasteiger charge is -1.98. The highest BCUT2D eigenvalue weighted by molar-refractivity contribution is 5.55. The van der Waals surface area contributed by atoms with Crippen molar-refractivity contribution < 1.29 is 0 Å². The van der Waals surface area contributed by atoms with Gasteiger partial charge in [0.05, 0.1) is 6.20 Å². The number of aromatic nitrogens is 4. The lowest BCUT2D eigenvalue weighted by atomic mass is 10.2. The number of pyridine rings is 1. The average Bonchev–Trinajstić information content (AvgIpc) is 2.85. The Morgan fingerprint density at radius 3 is 2.94 bits per heavy atom. The van der Waals surface area contributed by atoms with Crippen LogP contribution in [0.25, 0.3) is 11.3 Å². The second-order valence-corrected chi connectivity index (χ2v) is 4.02. The van der Waals surface area contributed by atoms with Crippen molar-refractivity contribution in [1.29, 1.82) is 0 Å². The van der Waals surface area contributed by atoms with Crippen LogP contribution >= 0.6 is 0 Å². The van der Waals surface area contributed by atoms with Crippen LogP contribution in [0.5, 0.6) is 0 Å². The first kappa shape index (κ1) is 11.8. The molecule has 2 aromatic heterocycles. The van der Waals surface area contributed by atoms with Gasteiger partial charge in [-0.05, 0) is 18.6 Å². The maximum absolute atomic E-state index is 4.15. The Kier molecular flexibility index (Phi) is 4.24. The molecule has 17 heavy (non-hydrogen) atoms. The molecule has 0 amide bonds. The van der Waals surface area contributed by atoms with Crippen LogP contribution in [0.1, 0.15) is 25.7 Å². The smallest absolute Gasteiger partial charge is 0.114 e. The fourth-order valence-electron chi connectivity index (χ4n) is 1.68. The van der Waals surface area contributed by atoms with Gasteiger partial charge in [-0.25, -0.2) is 0 Å². The van der Waals surface area contributed by atoms with E-state index < -0.39 is 0 Å². The maximum Gasteiger partial charge on any atom is 0.114 e. The van der Waals surface area contributed by atoms with Gasteiger partial charge >= 0.3 is 0 Å². The van der Waals surface area contributed by atoms with Crippen LogP contribution in [-0.2, 0) is 6.54 Å². The highest BCUT2D eigenvalue weighted by Gasteiger charge is 2.02. The molecule has 0 saturated heterocycles. The van der Waals surface area contributed by atoms with Crippen LogP contribution in [0.4, 0.5) is 0 Å². The topological polar surface area (TPSA) is 43.6 Å². The monoisotopic (exact) mass is 229 g/mol. The minimum atomic E-state index is 0.884. The van der Waals surface area contributed by atoms with E-state index in [0.717, 1.165) is 30.6 Å². The van der Waals surface area contributed by atoms with Crippen LogP contribution < -0.4 is 0 Å². The molecule has 4 heteroatoms. The second kappa shape index (κ2) is 6.13. The van der Waals surface area contributed by atoms with Crippen molar-refractivity contribution in [3.8, 4) is 11.3 Å². The van der Waals surface area contributed by atoms with Gasteiger partial charge in [-0.15, -0.1) is 5.10 Å². The Balaban J connectivity index is 1.92. The standard InChI is InChI=1S/C13H17N4/c1-2-3-4-5-9-17-11-13(15-16-17)12-7-6-8-14-10-12/h6-8,10-11H,1-5,9H2. The highest BCUT2D eigenvalue weighted by Crippen LogP contribution is 2.13. The van der Waals surface area contributed by atoms with Gasteiger partial charge in [-0.3, -0.25) is 9.67 Å². The molecule has 4 nitrogen and oxygen atoms in total. The van der Waals surface area contributed by atoms with E-state index in [1.165, 1.54) is 12.8 Å². The van der Waals surface area contributed by atoms with Gasteiger partial charge in [0.25, 0.3) is 0 Å². The number of hydrogen-bond acceptors (Lipinski definition) is 3. The van der Waals surface area contributed by atoms with Crippen molar-refractivity contribution in [3.63, 3.8) is 0 Å². The maximum atomic E-state index is 4.15. The summed E-state index contributed by atoms with van der Waals surface area (Å²) in [6.45, 7) is 4.76. The van der Waals surface area contributed by atoms with Crippen LogP contribution in [0, 0.1) is 6.92 Å². The van der Waals surface area contributed by atoms with Gasteiger partial charge in [0, 0.05) is 24.5 Å². The Bertz CT molecular complexity index is 436. The van der Waals surface area contributed by atoms with E-state index in [2.05, 4.69) is 22.2 Å². The van der Waals surface area contributed by atoms with Crippen molar-refractivity contribution in [2.75, 3.05) is 0 Å². The third-order valence-corrected chi connectivity index (χ3v) is 2.63. The summed E-state index contributed by atoms with van der Waals surface area (Å²) in [4.78, 5) is 4.07. The average molecular weight is 229 g/mol. The summed E-state index contributed by atoms with van der Waals surface area (Å²) in [6.07, 6.45) is 10.1. The Hall–Kier alpha value is -1.71. The molecule has 0 atom stereocenters. The van der Waals surface area contributed by atoms with E-state index in [1.807, 2.05) is 23.0 Å². The van der Waals surface area contributed by atoms with Crippen LogP contribution in [0.15, 0.2) is 30.7 Å².